The van der Waals surface area contributed by atoms with E-state index in [9.17, 15) is 43.8 Å². The normalized spacial score (nSPS) is 12.8. The number of unbranched alkanes of at least 4 members (excludes halogenated alkanes) is 13. The molecule has 0 fully saturated rings. The third-order valence-corrected chi connectivity index (χ3v) is 7.64. The Morgan fingerprint density at radius 2 is 0.761 bits per heavy atom. The molecular formula is C32H55N3O11. The minimum atomic E-state index is -1.43. The number of rotatable bonds is 30. The summed E-state index contributed by atoms with van der Waals surface area (Å²) in [4.78, 5) is 81.4. The number of carbonyl (C=O) groups excluding carboxylic acids is 4. The molecular weight excluding hydrogens is 602 g/mol. The van der Waals surface area contributed by atoms with Crippen molar-refractivity contribution in [2.75, 3.05) is 6.61 Å². The molecule has 3 atom stereocenters. The summed E-state index contributed by atoms with van der Waals surface area (Å²) in [6.45, 7) is 0.576. The molecule has 0 aliphatic rings. The molecule has 0 saturated heterocycles. The molecule has 3 amide bonds. The van der Waals surface area contributed by atoms with Crippen molar-refractivity contribution in [3.8, 4) is 0 Å². The number of aliphatic hydroxyl groups excluding tert-OH is 1. The molecule has 0 aromatic heterocycles. The monoisotopic (exact) mass is 657 g/mol. The molecule has 0 aliphatic carbocycles. The van der Waals surface area contributed by atoms with E-state index in [0.717, 1.165) is 51.4 Å². The van der Waals surface area contributed by atoms with Crippen molar-refractivity contribution < 1.29 is 54.0 Å². The van der Waals surface area contributed by atoms with Crippen LogP contribution in [0, 0.1) is 0 Å². The molecule has 0 unspecified atom stereocenters. The number of hydrogen-bond acceptors (Lipinski definition) is 8. The minimum absolute atomic E-state index is 0.163. The number of amides is 3. The van der Waals surface area contributed by atoms with Gasteiger partial charge in [-0.25, -0.2) is 9.59 Å². The van der Waals surface area contributed by atoms with E-state index in [1.165, 1.54) is 39.0 Å². The van der Waals surface area contributed by atoms with Gasteiger partial charge in [-0.1, -0.05) is 77.0 Å². The molecule has 0 spiro atoms. The van der Waals surface area contributed by atoms with Gasteiger partial charge >= 0.3 is 17.9 Å². The van der Waals surface area contributed by atoms with Crippen molar-refractivity contribution >= 4 is 41.4 Å². The van der Waals surface area contributed by atoms with Crippen LogP contribution in [0.25, 0.3) is 0 Å². The number of carboxylic acid groups (broad SMARTS) is 3. The van der Waals surface area contributed by atoms with Crippen molar-refractivity contribution in [1.82, 2.24) is 16.0 Å². The van der Waals surface area contributed by atoms with E-state index in [4.69, 9.17) is 10.2 Å². The second-order valence-electron chi connectivity index (χ2n) is 11.8. The summed E-state index contributed by atoms with van der Waals surface area (Å²) in [5.74, 6) is -5.77. The Morgan fingerprint density at radius 3 is 1.07 bits per heavy atom. The second-order valence-corrected chi connectivity index (χ2v) is 11.8. The van der Waals surface area contributed by atoms with Crippen LogP contribution in [0.4, 0.5) is 0 Å². The van der Waals surface area contributed by atoms with Crippen LogP contribution in [-0.2, 0) is 33.6 Å². The topological polar surface area (TPSA) is 236 Å². The van der Waals surface area contributed by atoms with Crippen molar-refractivity contribution in [2.45, 2.75) is 153 Å². The summed E-state index contributed by atoms with van der Waals surface area (Å²) in [5.41, 5.74) is 0. The number of nitrogens with one attached hydrogen (secondary N) is 3. The number of Topliss-reactive ketones (excluding diaryl/α,β-unsaturated/α-hetero) is 1. The molecule has 264 valence electrons. The Hall–Kier alpha value is -3.55. The maximum absolute atomic E-state index is 12.3. The highest BCUT2D eigenvalue weighted by Gasteiger charge is 2.25. The fourth-order valence-corrected chi connectivity index (χ4v) is 4.82. The SMILES string of the molecule is CC(=O)[C@H](CO)NC(=O)CC[C@H](NC(=O)CC[C@H](NC(=O)CCCCCCCCCCCCCCCCC(=O)O)C(=O)O)C(=O)O. The molecule has 0 aromatic rings. The lowest BCUT2D eigenvalue weighted by atomic mass is 10.0. The highest BCUT2D eigenvalue weighted by atomic mass is 16.4. The number of aliphatic carboxylic acids is 3. The van der Waals surface area contributed by atoms with E-state index >= 15 is 0 Å². The van der Waals surface area contributed by atoms with Gasteiger partial charge in [0.05, 0.1) is 6.61 Å². The van der Waals surface area contributed by atoms with Crippen LogP contribution in [0.15, 0.2) is 0 Å². The van der Waals surface area contributed by atoms with E-state index < -0.39 is 66.1 Å². The van der Waals surface area contributed by atoms with E-state index in [0.29, 0.717) is 6.42 Å². The van der Waals surface area contributed by atoms with Gasteiger partial charge in [-0.3, -0.25) is 24.0 Å². The third kappa shape index (κ3) is 23.8. The van der Waals surface area contributed by atoms with Crippen molar-refractivity contribution in [2.24, 2.45) is 0 Å². The number of carboxylic acids is 3. The molecule has 0 bridgehead atoms. The molecule has 46 heavy (non-hydrogen) atoms. The molecule has 0 radical (unpaired) electrons. The average Bonchev–Trinajstić information content (AvgIpc) is 2.99. The van der Waals surface area contributed by atoms with Crippen LogP contribution in [0.3, 0.4) is 0 Å². The Labute approximate surface area is 271 Å². The lowest BCUT2D eigenvalue weighted by Gasteiger charge is -2.17. The molecule has 14 nitrogen and oxygen atoms in total. The lowest BCUT2D eigenvalue weighted by Crippen LogP contribution is -2.45. The fraction of sp³-hybridized carbons (Fsp3) is 0.781. The van der Waals surface area contributed by atoms with Gasteiger partial charge in [-0.15, -0.1) is 0 Å². The highest BCUT2D eigenvalue weighted by Crippen LogP contribution is 2.14. The summed E-state index contributed by atoms with van der Waals surface area (Å²) in [7, 11) is 0. The zero-order chi connectivity index (χ0) is 34.7. The molecule has 0 heterocycles. The van der Waals surface area contributed by atoms with Gasteiger partial charge in [-0.2, -0.15) is 0 Å². The predicted molar refractivity (Wildman–Crippen MR) is 169 cm³/mol. The summed E-state index contributed by atoms with van der Waals surface area (Å²) in [6.07, 6.45) is 13.8. The molecule has 0 aliphatic heterocycles. The van der Waals surface area contributed by atoms with Gasteiger partial charge in [0.1, 0.15) is 18.1 Å². The molecule has 0 saturated carbocycles. The Kier molecular flexibility index (Phi) is 24.6. The molecule has 14 heteroatoms. The van der Waals surface area contributed by atoms with Crippen LogP contribution >= 0.6 is 0 Å². The summed E-state index contributed by atoms with van der Waals surface area (Å²) < 4.78 is 0. The number of carbonyl (C=O) groups is 7. The maximum atomic E-state index is 12.3. The standard InChI is InChI=1S/C32H55N3O11/c1-23(37)26(22-36)35-29(40)21-19-25(32(45)46)34-28(39)20-18-24(31(43)44)33-27(38)16-14-12-10-8-6-4-2-3-5-7-9-11-13-15-17-30(41)42/h24-26,36H,2-22H2,1H3,(H,33,38)(H,34,39)(H,35,40)(H,41,42)(H,43,44)(H,45,46)/t24-,25-,26-/m0/s1. The summed E-state index contributed by atoms with van der Waals surface area (Å²) >= 11 is 0. The summed E-state index contributed by atoms with van der Waals surface area (Å²) in [6, 6.07) is -3.85. The van der Waals surface area contributed by atoms with Gasteiger partial charge in [0, 0.05) is 25.7 Å². The van der Waals surface area contributed by atoms with Crippen LogP contribution in [0.1, 0.15) is 135 Å². The maximum Gasteiger partial charge on any atom is 0.326 e. The number of hydrogen-bond donors (Lipinski definition) is 7. The minimum Gasteiger partial charge on any atom is -0.481 e. The highest BCUT2D eigenvalue weighted by molar-refractivity contribution is 5.88. The van der Waals surface area contributed by atoms with Crippen molar-refractivity contribution in [3.63, 3.8) is 0 Å². The number of ketones is 1. The quantitative estimate of drug-likeness (QED) is 0.0554. The Balaban J connectivity index is 4.11. The second kappa shape index (κ2) is 26.6. The van der Waals surface area contributed by atoms with Crippen molar-refractivity contribution in [3.05, 3.63) is 0 Å². The fourth-order valence-electron chi connectivity index (χ4n) is 4.82. The summed E-state index contributed by atoms with van der Waals surface area (Å²) in [5, 5.41) is 43.5. The van der Waals surface area contributed by atoms with Gasteiger partial charge in [0.15, 0.2) is 5.78 Å². The van der Waals surface area contributed by atoms with Crippen LogP contribution in [0.5, 0.6) is 0 Å². The largest absolute Gasteiger partial charge is 0.481 e. The first-order valence-corrected chi connectivity index (χ1v) is 16.5. The first kappa shape index (κ1) is 42.5. The molecule has 0 aromatic carbocycles. The predicted octanol–water partition coefficient (Wildman–Crippen LogP) is 3.08. The third-order valence-electron chi connectivity index (χ3n) is 7.64. The Morgan fingerprint density at radius 1 is 0.457 bits per heavy atom. The zero-order valence-corrected chi connectivity index (χ0v) is 27.2. The van der Waals surface area contributed by atoms with Crippen molar-refractivity contribution in [1.29, 1.82) is 0 Å². The molecule has 7 N–H and O–H groups in total. The van der Waals surface area contributed by atoms with E-state index in [2.05, 4.69) is 16.0 Å². The van der Waals surface area contributed by atoms with E-state index in [1.54, 1.807) is 0 Å². The number of aliphatic hydroxyl groups is 1. The zero-order valence-electron chi connectivity index (χ0n) is 27.2. The van der Waals surface area contributed by atoms with Gasteiger partial charge in [0.25, 0.3) is 0 Å². The molecule has 0 rings (SSSR count). The Bertz CT molecular complexity index is 958. The smallest absolute Gasteiger partial charge is 0.326 e. The first-order chi connectivity index (χ1) is 21.9. The van der Waals surface area contributed by atoms with Gasteiger partial charge < -0.3 is 36.4 Å². The van der Waals surface area contributed by atoms with Crippen LogP contribution in [0.2, 0.25) is 0 Å². The lowest BCUT2D eigenvalue weighted by molar-refractivity contribution is -0.143. The van der Waals surface area contributed by atoms with Crippen LogP contribution < -0.4 is 16.0 Å². The average molecular weight is 658 g/mol. The van der Waals surface area contributed by atoms with Gasteiger partial charge in [-0.05, 0) is 32.6 Å². The first-order valence-electron chi connectivity index (χ1n) is 16.5. The van der Waals surface area contributed by atoms with E-state index in [-0.39, 0.29) is 38.5 Å². The van der Waals surface area contributed by atoms with E-state index in [1.807, 2.05) is 0 Å². The van der Waals surface area contributed by atoms with Crippen LogP contribution in [-0.4, -0.2) is 86.6 Å². The van der Waals surface area contributed by atoms with Gasteiger partial charge in [0.2, 0.25) is 17.7 Å².